The quantitative estimate of drug-likeness (QED) is 0.206. The maximum atomic E-state index is 12.9. The molecule has 0 saturated carbocycles. The van der Waals surface area contributed by atoms with Crippen LogP contribution < -0.4 is 5.73 Å². The van der Waals surface area contributed by atoms with Gasteiger partial charge < -0.3 is 20.3 Å². The number of carbonyl (C=O) groups is 4. The van der Waals surface area contributed by atoms with E-state index in [9.17, 15) is 24.3 Å². The summed E-state index contributed by atoms with van der Waals surface area (Å²) in [6.07, 6.45) is 3.90. The first-order chi connectivity index (χ1) is 15.2. The molecule has 0 radical (unpaired) electrons. The number of Topliss-reactive ketones (excluding diaryl/α,β-unsaturated/α-hetero) is 1. The van der Waals surface area contributed by atoms with Crippen molar-refractivity contribution in [3.8, 4) is 0 Å². The van der Waals surface area contributed by atoms with Crippen molar-refractivity contribution in [2.24, 2.45) is 5.73 Å². The first-order valence-corrected chi connectivity index (χ1v) is 12.5. The molecule has 1 aliphatic rings. The van der Waals surface area contributed by atoms with Crippen LogP contribution in [0.15, 0.2) is 0 Å². The third-order valence-corrected chi connectivity index (χ3v) is 6.95. The fraction of sp³-hybridized carbons (Fsp3) is 0.818. The van der Waals surface area contributed by atoms with Gasteiger partial charge in [-0.15, -0.1) is 11.8 Å². The van der Waals surface area contributed by atoms with Crippen LogP contribution in [0.5, 0.6) is 0 Å². The van der Waals surface area contributed by atoms with Crippen LogP contribution in [0.4, 0.5) is 0 Å². The van der Waals surface area contributed by atoms with Gasteiger partial charge >= 0.3 is 17.9 Å². The molecule has 1 heterocycles. The molecule has 0 amide bonds. The van der Waals surface area contributed by atoms with Crippen molar-refractivity contribution in [1.82, 2.24) is 4.90 Å². The van der Waals surface area contributed by atoms with Gasteiger partial charge in [-0.1, -0.05) is 26.2 Å². The number of esters is 2. The van der Waals surface area contributed by atoms with Crippen molar-refractivity contribution >= 4 is 35.5 Å². The average molecular weight is 475 g/mol. The average Bonchev–Trinajstić information content (AvgIpc) is 3.18. The molecule has 0 aliphatic carbocycles. The fourth-order valence-electron chi connectivity index (χ4n) is 4.05. The summed E-state index contributed by atoms with van der Waals surface area (Å²) in [5.41, 5.74) is 3.90. The minimum atomic E-state index is -1.88. The Balaban J connectivity index is 3.20. The van der Waals surface area contributed by atoms with Crippen LogP contribution in [0, 0.1) is 0 Å². The summed E-state index contributed by atoms with van der Waals surface area (Å²) < 4.78 is 10.4. The summed E-state index contributed by atoms with van der Waals surface area (Å²) >= 11 is 1.25. The minimum Gasteiger partial charge on any atom is -0.480 e. The predicted octanol–water partition coefficient (Wildman–Crippen LogP) is 2.00. The molecule has 32 heavy (non-hydrogen) atoms. The number of carbonyl (C=O) groups excluding carboxylic acids is 3. The van der Waals surface area contributed by atoms with E-state index in [0.29, 0.717) is 12.8 Å². The van der Waals surface area contributed by atoms with Crippen molar-refractivity contribution in [2.45, 2.75) is 89.1 Å². The van der Waals surface area contributed by atoms with Crippen LogP contribution in [-0.4, -0.2) is 82.1 Å². The highest BCUT2D eigenvalue weighted by Gasteiger charge is 2.57. The smallest absolute Gasteiger partial charge is 0.332 e. The van der Waals surface area contributed by atoms with E-state index < -0.39 is 40.6 Å². The number of unbranched alkanes of at least 4 members (excludes halogenated alkanes) is 2. The van der Waals surface area contributed by atoms with Crippen LogP contribution in [0.3, 0.4) is 0 Å². The molecule has 0 aromatic heterocycles. The van der Waals surface area contributed by atoms with Crippen LogP contribution in [0.1, 0.15) is 66.2 Å². The summed E-state index contributed by atoms with van der Waals surface area (Å²) in [6.45, 7) is 7.53. The highest BCUT2D eigenvalue weighted by atomic mass is 32.2. The molecule has 184 valence electrons. The first-order valence-electron chi connectivity index (χ1n) is 11.4. The van der Waals surface area contributed by atoms with E-state index >= 15 is 0 Å². The van der Waals surface area contributed by atoms with Gasteiger partial charge in [-0.25, -0.2) is 4.79 Å². The zero-order valence-electron chi connectivity index (χ0n) is 19.6. The largest absolute Gasteiger partial charge is 0.480 e. The number of rotatable bonds is 15. The van der Waals surface area contributed by atoms with Crippen LogP contribution >= 0.6 is 11.8 Å². The van der Waals surface area contributed by atoms with Crippen molar-refractivity contribution in [2.75, 3.05) is 25.5 Å². The molecule has 0 spiro atoms. The van der Waals surface area contributed by atoms with Crippen LogP contribution in [-0.2, 0) is 28.7 Å². The number of carboxylic acids is 1. The molecule has 1 saturated heterocycles. The minimum absolute atomic E-state index is 0.0705. The van der Waals surface area contributed by atoms with Gasteiger partial charge in [-0.2, -0.15) is 0 Å². The Bertz CT molecular complexity index is 658. The van der Waals surface area contributed by atoms with Gasteiger partial charge in [-0.05, 0) is 40.0 Å². The third kappa shape index (κ3) is 6.92. The van der Waals surface area contributed by atoms with Gasteiger partial charge in [0.05, 0.1) is 19.3 Å². The van der Waals surface area contributed by atoms with E-state index in [1.54, 1.807) is 13.8 Å². The van der Waals surface area contributed by atoms with Crippen LogP contribution in [0.2, 0.25) is 0 Å². The second kappa shape index (κ2) is 13.8. The SMILES string of the molecule is CCCCCC(SC[C@@H](C(=O)OCC)N1CCCC1(C(=O)O)C(=O)C(C)N)C(=O)OCC. The molecular formula is C22H38N2O7S. The standard InChI is InChI=1S/C22H38N2O7S/c1-5-8-9-11-17(20(27)31-7-3)32-14-16(19(26)30-6-2)24-13-10-12-22(24,21(28)29)18(25)15(4)23/h15-17H,5-14,23H2,1-4H3,(H,28,29)/t15?,16-,17?,22?/m0/s1. The van der Waals surface area contributed by atoms with Gasteiger partial charge in [0.2, 0.25) is 0 Å². The lowest BCUT2D eigenvalue weighted by atomic mass is 9.86. The predicted molar refractivity (Wildman–Crippen MR) is 122 cm³/mol. The Labute approximate surface area is 194 Å². The Kier molecular flexibility index (Phi) is 12.2. The molecule has 0 aromatic rings. The van der Waals surface area contributed by atoms with Gasteiger partial charge in [0, 0.05) is 12.3 Å². The maximum absolute atomic E-state index is 12.9. The molecule has 9 nitrogen and oxygen atoms in total. The number of nitrogens with zero attached hydrogens (tertiary/aromatic N) is 1. The van der Waals surface area contributed by atoms with E-state index in [1.807, 2.05) is 0 Å². The number of thioether (sulfide) groups is 1. The Hall–Kier alpha value is -1.65. The fourth-order valence-corrected chi connectivity index (χ4v) is 5.32. The number of aliphatic carboxylic acids is 1. The number of likely N-dealkylation sites (tertiary alicyclic amines) is 1. The molecule has 0 bridgehead atoms. The molecule has 3 unspecified atom stereocenters. The topological polar surface area (TPSA) is 136 Å². The summed E-state index contributed by atoms with van der Waals surface area (Å²) in [6, 6.07) is -1.99. The van der Waals surface area contributed by atoms with E-state index in [0.717, 1.165) is 19.3 Å². The van der Waals surface area contributed by atoms with Gasteiger partial charge in [0.25, 0.3) is 0 Å². The maximum Gasteiger partial charge on any atom is 0.332 e. The molecule has 1 rings (SSSR count). The highest BCUT2D eigenvalue weighted by molar-refractivity contribution is 8.00. The molecule has 1 fully saturated rings. The number of ether oxygens (including phenoxy) is 2. The van der Waals surface area contributed by atoms with Gasteiger partial charge in [0.15, 0.2) is 11.3 Å². The molecule has 0 aromatic carbocycles. The van der Waals surface area contributed by atoms with Crippen molar-refractivity contribution in [1.29, 1.82) is 0 Å². The second-order valence-corrected chi connectivity index (χ2v) is 9.19. The number of hydrogen-bond acceptors (Lipinski definition) is 9. The number of nitrogens with two attached hydrogens (primary N) is 1. The van der Waals surface area contributed by atoms with Crippen LogP contribution in [0.25, 0.3) is 0 Å². The summed E-state index contributed by atoms with van der Waals surface area (Å²) in [5, 5.41) is 9.56. The molecule has 10 heteroatoms. The van der Waals surface area contributed by atoms with Crippen molar-refractivity contribution in [3.05, 3.63) is 0 Å². The van der Waals surface area contributed by atoms with Gasteiger partial charge in [-0.3, -0.25) is 19.3 Å². The first kappa shape index (κ1) is 28.4. The molecule has 1 aliphatic heterocycles. The lowest BCUT2D eigenvalue weighted by Crippen LogP contribution is -2.65. The summed E-state index contributed by atoms with van der Waals surface area (Å²) in [4.78, 5) is 52.0. The summed E-state index contributed by atoms with van der Waals surface area (Å²) in [5.74, 6) is -2.81. The van der Waals surface area contributed by atoms with E-state index in [2.05, 4.69) is 6.92 Å². The zero-order chi connectivity index (χ0) is 24.3. The highest BCUT2D eigenvalue weighted by Crippen LogP contribution is 2.35. The zero-order valence-corrected chi connectivity index (χ0v) is 20.4. The lowest BCUT2D eigenvalue weighted by Gasteiger charge is -2.38. The van der Waals surface area contributed by atoms with E-state index in [-0.39, 0.29) is 37.9 Å². The van der Waals surface area contributed by atoms with Crippen molar-refractivity contribution in [3.63, 3.8) is 0 Å². The third-order valence-electron chi connectivity index (χ3n) is 5.61. The number of hydrogen-bond donors (Lipinski definition) is 2. The Morgan fingerprint density at radius 2 is 1.72 bits per heavy atom. The normalized spacial score (nSPS) is 21.5. The van der Waals surface area contributed by atoms with Gasteiger partial charge in [0.1, 0.15) is 11.3 Å². The Morgan fingerprint density at radius 1 is 1.09 bits per heavy atom. The number of ketones is 1. The monoisotopic (exact) mass is 474 g/mol. The second-order valence-electron chi connectivity index (χ2n) is 7.95. The molecule has 3 N–H and O–H groups in total. The molecular weight excluding hydrogens is 436 g/mol. The van der Waals surface area contributed by atoms with Crippen molar-refractivity contribution < 1.29 is 33.8 Å². The molecule has 4 atom stereocenters. The lowest BCUT2D eigenvalue weighted by molar-refractivity contribution is -0.162. The Morgan fingerprint density at radius 3 is 2.25 bits per heavy atom. The van der Waals surface area contributed by atoms with E-state index in [4.69, 9.17) is 15.2 Å². The van der Waals surface area contributed by atoms with E-state index in [1.165, 1.54) is 23.6 Å². The number of carboxylic acid groups (broad SMARTS) is 1. The summed E-state index contributed by atoms with van der Waals surface area (Å²) in [7, 11) is 0.